The summed E-state index contributed by atoms with van der Waals surface area (Å²) in [6.07, 6.45) is 0. The van der Waals surface area contributed by atoms with E-state index >= 15 is 0 Å². The Kier molecular flexibility index (Phi) is 8.91. The minimum Gasteiger partial charge on any atom is -0.280 e. The minimum atomic E-state index is -1.88. The second-order valence-corrected chi connectivity index (χ2v) is 18.2. The largest absolute Gasteiger partial charge is 0.280 e. The van der Waals surface area contributed by atoms with Gasteiger partial charge >= 0.3 is 121 Å². The molecule has 0 aliphatic heterocycles. The normalized spacial score (nSPS) is 12.0. The Bertz CT molecular complexity index is 708. The zero-order chi connectivity index (χ0) is 20.5. The number of hydrogen-bond acceptors (Lipinski definition) is 1. The van der Waals surface area contributed by atoms with Crippen molar-refractivity contribution in [2.75, 3.05) is 13.3 Å². The predicted octanol–water partition coefficient (Wildman–Crippen LogP) is 5.84. The van der Waals surface area contributed by atoms with Gasteiger partial charge in [-0.15, -0.1) is 0 Å². The molecule has 1 nitrogen and oxygen atoms in total. The van der Waals surface area contributed by atoms with Crippen molar-refractivity contribution < 1.29 is 4.29 Å². The first-order valence-corrected chi connectivity index (χ1v) is 16.3. The van der Waals surface area contributed by atoms with E-state index in [-0.39, 0.29) is 0 Å². The van der Waals surface area contributed by atoms with Crippen LogP contribution >= 0.6 is 19.1 Å². The van der Waals surface area contributed by atoms with E-state index in [0.29, 0.717) is 6.61 Å². The summed E-state index contributed by atoms with van der Waals surface area (Å²) in [5.41, 5.74) is 0. The van der Waals surface area contributed by atoms with Crippen LogP contribution in [0.2, 0.25) is 25.7 Å². The Hall–Kier alpha value is -1.44. The molecule has 0 spiro atoms. The molecule has 0 fully saturated rings. The zero-order valence-corrected chi connectivity index (χ0v) is 20.1. The molecule has 0 radical (unpaired) electrons. The molecule has 3 aromatic carbocycles. The fourth-order valence-electron chi connectivity index (χ4n) is 3.16. The quantitative estimate of drug-likeness (QED) is 0.352. The molecule has 0 bridgehead atoms. The van der Waals surface area contributed by atoms with Crippen molar-refractivity contribution in [1.29, 1.82) is 0 Å². The summed E-state index contributed by atoms with van der Waals surface area (Å²) in [6.45, 7) is 10.0. The van der Waals surface area contributed by atoms with Gasteiger partial charge < -0.3 is 0 Å². The van der Waals surface area contributed by atoms with Crippen molar-refractivity contribution in [3.63, 3.8) is 0 Å². The second-order valence-electron chi connectivity index (χ2n) is 8.35. The van der Waals surface area contributed by atoms with Crippen LogP contribution in [0.15, 0.2) is 91.0 Å². The van der Waals surface area contributed by atoms with Crippen LogP contribution in [0.5, 0.6) is 0 Å². The van der Waals surface area contributed by atoms with Crippen LogP contribution < -0.4 is 15.9 Å². The van der Waals surface area contributed by atoms with Gasteiger partial charge in [0.1, 0.15) is 0 Å². The van der Waals surface area contributed by atoms with E-state index in [2.05, 4.69) is 122 Å². The van der Waals surface area contributed by atoms with Gasteiger partial charge in [0.25, 0.3) is 0 Å². The first kappa shape index (κ1) is 22.8. The molecule has 0 aliphatic carbocycles. The molecule has 150 valence electrons. The van der Waals surface area contributed by atoms with Gasteiger partial charge in [-0.3, -0.25) is 4.29 Å². The van der Waals surface area contributed by atoms with Crippen LogP contribution in [0.25, 0.3) is 0 Å². The Morgan fingerprint density at radius 3 is 1.21 bits per heavy atom. The van der Waals surface area contributed by atoms with E-state index in [1.807, 2.05) is 0 Å². The summed E-state index contributed by atoms with van der Waals surface area (Å²) >= 11 is 5.03. The molecule has 0 heterocycles. The van der Waals surface area contributed by atoms with E-state index in [4.69, 9.17) is 11.9 Å². The van der Waals surface area contributed by atoms with Crippen LogP contribution in [0.3, 0.4) is 0 Å². The van der Waals surface area contributed by atoms with Crippen molar-refractivity contribution in [2.24, 2.45) is 0 Å². The van der Waals surface area contributed by atoms with Gasteiger partial charge in [0, 0.05) is 8.07 Å². The van der Waals surface area contributed by atoms with Crippen LogP contribution in [0, 0.1) is 0 Å². The minimum absolute atomic E-state index is 0.706. The monoisotopic (exact) mass is 430 g/mol. The number of hydrogen-bond donors (Lipinski definition) is 0. The summed E-state index contributed by atoms with van der Waals surface area (Å²) in [5, 5.41) is 4.37. The summed E-state index contributed by atoms with van der Waals surface area (Å²) < 4.78 is 4.42. The van der Waals surface area contributed by atoms with E-state index in [0.717, 1.165) is 6.04 Å². The van der Waals surface area contributed by atoms with Gasteiger partial charge in [-0.25, -0.2) is 0 Å². The average molecular weight is 431 g/mol. The summed E-state index contributed by atoms with van der Waals surface area (Å²) in [5.74, 6) is 0. The molecular formula is C24H32ClOPSi. The third-order valence-electron chi connectivity index (χ3n) is 4.98. The summed E-state index contributed by atoms with van der Waals surface area (Å²) in [4.78, 5) is 0. The first-order valence-electron chi connectivity index (χ1n) is 9.78. The summed E-state index contributed by atoms with van der Waals surface area (Å²) in [7, 11) is -2.77. The van der Waals surface area contributed by atoms with Gasteiger partial charge in [0.15, 0.2) is 0 Å². The maximum absolute atomic E-state index is 5.03. The molecular weight excluding hydrogens is 399 g/mol. The standard InChI is InChI=1S/C19H19P.C5H13ClOSi/c1-20(17-11-5-2-6-12-17,18-13-7-3-8-14-18)19-15-9-4-10-16-19;1-8(2,3)5-4-7-6/h2-16,20H,1H3;4-5H2,1-3H3. The van der Waals surface area contributed by atoms with Gasteiger partial charge in [0.2, 0.25) is 0 Å². The van der Waals surface area contributed by atoms with Gasteiger partial charge in [-0.1, -0.05) is 19.6 Å². The molecule has 0 saturated heterocycles. The number of halogens is 1. The van der Waals surface area contributed by atoms with Crippen LogP contribution in [0.4, 0.5) is 0 Å². The van der Waals surface area contributed by atoms with Crippen LogP contribution in [-0.2, 0) is 4.29 Å². The van der Waals surface area contributed by atoms with Crippen molar-refractivity contribution in [3.05, 3.63) is 91.0 Å². The molecule has 3 aromatic rings. The van der Waals surface area contributed by atoms with E-state index < -0.39 is 15.3 Å². The van der Waals surface area contributed by atoms with E-state index in [1.165, 1.54) is 15.9 Å². The van der Waals surface area contributed by atoms with Crippen molar-refractivity contribution >= 4 is 43.1 Å². The molecule has 0 aliphatic rings. The molecule has 0 saturated carbocycles. The zero-order valence-electron chi connectivity index (χ0n) is 17.4. The molecule has 4 heteroatoms. The molecule has 28 heavy (non-hydrogen) atoms. The molecule has 0 N–H and O–H groups in total. The molecule has 0 unspecified atom stereocenters. The van der Waals surface area contributed by atoms with Crippen LogP contribution in [0.1, 0.15) is 0 Å². The maximum atomic E-state index is 5.03. The van der Waals surface area contributed by atoms with Gasteiger partial charge in [-0.05, 0) is 6.04 Å². The van der Waals surface area contributed by atoms with E-state index in [9.17, 15) is 0 Å². The molecule has 0 atom stereocenters. The Morgan fingerprint density at radius 1 is 0.679 bits per heavy atom. The first-order chi connectivity index (χ1) is 13.4. The Morgan fingerprint density at radius 2 is 1.00 bits per heavy atom. The Balaban J connectivity index is 0.000000300. The van der Waals surface area contributed by atoms with Crippen molar-refractivity contribution in [3.8, 4) is 0 Å². The fourth-order valence-corrected chi connectivity index (χ4v) is 7.66. The predicted molar refractivity (Wildman–Crippen MR) is 132 cm³/mol. The topological polar surface area (TPSA) is 9.23 Å². The van der Waals surface area contributed by atoms with Crippen molar-refractivity contribution in [2.45, 2.75) is 25.7 Å². The smallest absolute Gasteiger partial charge is 0.0659 e. The second kappa shape index (κ2) is 10.9. The average Bonchev–Trinajstić information content (AvgIpc) is 2.73. The third kappa shape index (κ3) is 6.57. The summed E-state index contributed by atoms with van der Waals surface area (Å²) in [6, 6.07) is 33.9. The Labute approximate surface area is 177 Å². The van der Waals surface area contributed by atoms with Crippen LogP contribution in [-0.4, -0.2) is 21.3 Å². The SMILES string of the molecule is C[PH](c1ccccc1)(c1ccccc1)c1ccccc1.C[Si](C)(C)CCOCl. The number of benzene rings is 3. The molecule has 3 rings (SSSR count). The fraction of sp³-hybridized carbons (Fsp3) is 0.250. The molecule has 0 aromatic heterocycles. The third-order valence-corrected chi connectivity index (χ3v) is 11.3. The van der Waals surface area contributed by atoms with Crippen molar-refractivity contribution in [1.82, 2.24) is 0 Å². The maximum Gasteiger partial charge on any atom is 0.0659 e. The van der Waals surface area contributed by atoms with Gasteiger partial charge in [-0.2, -0.15) is 0 Å². The molecule has 0 amide bonds. The number of rotatable bonds is 6. The van der Waals surface area contributed by atoms with Gasteiger partial charge in [0.05, 0.1) is 18.5 Å². The van der Waals surface area contributed by atoms with E-state index in [1.54, 1.807) is 0 Å².